The molecule has 4 aromatic heterocycles. The molecular weight excluding hydrogens is 893 g/mol. The number of morpholine rings is 2. The Morgan fingerprint density at radius 1 is 0.554 bits per heavy atom. The molecule has 4 aliphatic rings. The lowest BCUT2D eigenvalue weighted by Crippen LogP contribution is -2.36. The van der Waals surface area contributed by atoms with Gasteiger partial charge in [0.25, 0.3) is 0 Å². The number of benzene rings is 2. The Balaban J connectivity index is 0.000000148. The molecule has 1 N–H and O–H groups in total. The molecule has 4 fully saturated rings. The molecule has 0 atom stereocenters. The number of ether oxygens (including phenoxy) is 2. The van der Waals surface area contributed by atoms with E-state index in [1.54, 1.807) is 27.4 Å². The molecule has 4 amide bonds. The maximum absolute atomic E-state index is 13.2. The molecule has 10 rings (SSSR count). The van der Waals surface area contributed by atoms with Gasteiger partial charge in [-0.2, -0.15) is 0 Å². The minimum Gasteiger partial charge on any atom is -0.378 e. The van der Waals surface area contributed by atoms with Gasteiger partial charge in [-0.25, -0.2) is 19.6 Å². The first-order chi connectivity index (χ1) is 31.6. The van der Waals surface area contributed by atoms with Gasteiger partial charge in [-0.3, -0.25) is 14.7 Å². The highest BCUT2D eigenvalue weighted by Gasteiger charge is 2.32. The number of carbonyl (C=O) groups is 2. The van der Waals surface area contributed by atoms with Crippen molar-refractivity contribution in [1.82, 2.24) is 44.8 Å². The Morgan fingerprint density at radius 2 is 1.02 bits per heavy atom. The number of halogens is 1. The Bertz CT molecular complexity index is 2500. The fourth-order valence-electron chi connectivity index (χ4n) is 7.82. The number of nitrogens with zero attached hydrogens (tertiary/aromatic N) is 13. The average molecular weight is 948 g/mol. The quantitative estimate of drug-likeness (QED) is 0.159. The third-order valence-corrected chi connectivity index (χ3v) is 11.9. The van der Waals surface area contributed by atoms with E-state index in [0.29, 0.717) is 60.9 Å². The molecule has 340 valence electrons. The number of pyridine rings is 2. The summed E-state index contributed by atoms with van der Waals surface area (Å²) in [7, 11) is 0. The number of amides is 4. The molecule has 18 nitrogen and oxygen atoms in total. The van der Waals surface area contributed by atoms with Gasteiger partial charge in [0.2, 0.25) is 0 Å². The maximum Gasteiger partial charge on any atom is 0.330 e. The fraction of sp³-hybridized carbons (Fsp3) is 0.391. The Hall–Kier alpha value is -6.44. The van der Waals surface area contributed by atoms with Gasteiger partial charge in [-0.15, -0.1) is 20.4 Å². The van der Waals surface area contributed by atoms with Crippen LogP contribution in [0, 0.1) is 0 Å². The van der Waals surface area contributed by atoms with Crippen LogP contribution < -0.4 is 29.8 Å². The summed E-state index contributed by atoms with van der Waals surface area (Å²) in [6.07, 6.45) is 3.40. The first kappa shape index (κ1) is 45.1. The van der Waals surface area contributed by atoms with E-state index < -0.39 is 0 Å². The number of anilines is 5. The second-order valence-corrected chi connectivity index (χ2v) is 17.1. The predicted molar refractivity (Wildman–Crippen MR) is 255 cm³/mol. The van der Waals surface area contributed by atoms with Gasteiger partial charge in [0.05, 0.1) is 26.4 Å². The van der Waals surface area contributed by atoms with E-state index in [0.717, 1.165) is 68.5 Å². The van der Waals surface area contributed by atoms with Crippen molar-refractivity contribution in [3.63, 3.8) is 0 Å². The van der Waals surface area contributed by atoms with Crippen LogP contribution in [0.3, 0.4) is 0 Å². The SMILES string of the molecule is Brc1ccc(N2CCOCC2)cc1.CC(C)n1cnnc1-c1cccc(N2CCN(c3ccc(N4CCOCC4)cc3)C2=O)n1.CC(C)n1cnnc1-c1cccc(N2CCNC2=O)n1. The average Bonchev–Trinajstić information content (AvgIpc) is 4.19. The van der Waals surface area contributed by atoms with Crippen molar-refractivity contribution >= 4 is 56.7 Å². The predicted octanol–water partition coefficient (Wildman–Crippen LogP) is 6.94. The monoisotopic (exact) mass is 946 g/mol. The van der Waals surface area contributed by atoms with Crippen molar-refractivity contribution < 1.29 is 19.1 Å². The van der Waals surface area contributed by atoms with E-state index in [2.05, 4.69) is 121 Å². The highest BCUT2D eigenvalue weighted by molar-refractivity contribution is 9.10. The molecule has 0 radical (unpaired) electrons. The molecule has 0 saturated carbocycles. The molecule has 6 aromatic rings. The number of hydrogen-bond donors (Lipinski definition) is 1. The molecule has 8 heterocycles. The van der Waals surface area contributed by atoms with E-state index in [-0.39, 0.29) is 24.1 Å². The van der Waals surface area contributed by atoms with E-state index in [1.165, 1.54) is 5.69 Å². The third-order valence-electron chi connectivity index (χ3n) is 11.3. The normalized spacial score (nSPS) is 16.4. The Kier molecular flexibility index (Phi) is 14.6. The number of aromatic nitrogens is 8. The van der Waals surface area contributed by atoms with Crippen LogP contribution in [-0.2, 0) is 9.47 Å². The molecule has 2 aromatic carbocycles. The van der Waals surface area contributed by atoms with Crippen LogP contribution in [0.5, 0.6) is 0 Å². The van der Waals surface area contributed by atoms with Crippen LogP contribution >= 0.6 is 15.9 Å². The van der Waals surface area contributed by atoms with Crippen LogP contribution in [0.2, 0.25) is 0 Å². The lowest BCUT2D eigenvalue weighted by molar-refractivity contribution is 0.122. The van der Waals surface area contributed by atoms with Crippen LogP contribution in [-0.4, -0.2) is 130 Å². The standard InChI is InChI=1S/C23H27N7O2.C13H16N6O.C10H12BrNO/c1-17(2)30-16-24-26-22(30)20-4-3-5-21(25-20)29-11-10-28(23(29)31)19-8-6-18(7-9-19)27-12-14-32-15-13-27;1-9(2)19-8-15-17-12(19)10-4-3-5-11(16-10)18-7-6-14-13(18)20;11-9-1-3-10(4-2-9)12-5-7-13-8-6-12/h3-9,16-17H,10-15H2,1-2H3;3-5,8-9H,6-7H2,1-2H3,(H,14,20);1-4H,5-8H2. The lowest BCUT2D eigenvalue weighted by atomic mass is 10.2. The minimum atomic E-state index is -0.111. The molecule has 4 saturated heterocycles. The summed E-state index contributed by atoms with van der Waals surface area (Å²) >= 11 is 3.43. The molecule has 0 spiro atoms. The summed E-state index contributed by atoms with van der Waals surface area (Å²) in [5.74, 6) is 2.67. The zero-order valence-corrected chi connectivity index (χ0v) is 38.8. The first-order valence-corrected chi connectivity index (χ1v) is 22.8. The van der Waals surface area contributed by atoms with Gasteiger partial charge in [0, 0.05) is 86.0 Å². The highest BCUT2D eigenvalue weighted by Crippen LogP contribution is 2.29. The molecule has 65 heavy (non-hydrogen) atoms. The minimum absolute atomic E-state index is 0.0703. The zero-order valence-electron chi connectivity index (χ0n) is 37.2. The second-order valence-electron chi connectivity index (χ2n) is 16.2. The molecule has 0 bridgehead atoms. The van der Waals surface area contributed by atoms with Crippen LogP contribution in [0.1, 0.15) is 39.8 Å². The van der Waals surface area contributed by atoms with Gasteiger partial charge in [-0.05, 0) is 100 Å². The Labute approximate surface area is 387 Å². The highest BCUT2D eigenvalue weighted by atomic mass is 79.9. The summed E-state index contributed by atoms with van der Waals surface area (Å²) in [6, 6.07) is 28.1. The molecule has 4 aliphatic heterocycles. The fourth-order valence-corrected chi connectivity index (χ4v) is 8.09. The summed E-state index contributed by atoms with van der Waals surface area (Å²) in [6.45, 7) is 17.7. The summed E-state index contributed by atoms with van der Waals surface area (Å²) in [5.41, 5.74) is 4.75. The number of hydrogen-bond acceptors (Lipinski definition) is 12. The van der Waals surface area contributed by atoms with E-state index in [9.17, 15) is 9.59 Å². The third kappa shape index (κ3) is 10.8. The molecule has 0 unspecified atom stereocenters. The van der Waals surface area contributed by atoms with Crippen molar-refractivity contribution in [2.24, 2.45) is 0 Å². The van der Waals surface area contributed by atoms with Crippen LogP contribution in [0.25, 0.3) is 23.0 Å². The number of urea groups is 2. The number of carbonyl (C=O) groups excluding carboxylic acids is 2. The molecule has 19 heteroatoms. The van der Waals surface area contributed by atoms with Crippen molar-refractivity contribution in [3.8, 4) is 23.0 Å². The van der Waals surface area contributed by atoms with Crippen molar-refractivity contribution in [3.05, 3.63) is 102 Å². The molecular formula is C46H55BrN14O4. The van der Waals surface area contributed by atoms with Crippen LogP contribution in [0.15, 0.2) is 102 Å². The van der Waals surface area contributed by atoms with Crippen molar-refractivity contribution in [2.75, 3.05) is 103 Å². The van der Waals surface area contributed by atoms with Crippen molar-refractivity contribution in [1.29, 1.82) is 0 Å². The van der Waals surface area contributed by atoms with Gasteiger partial charge >= 0.3 is 12.1 Å². The van der Waals surface area contributed by atoms with Gasteiger partial charge < -0.3 is 33.7 Å². The van der Waals surface area contributed by atoms with Gasteiger partial charge in [-0.1, -0.05) is 28.1 Å². The summed E-state index contributed by atoms with van der Waals surface area (Å²) in [4.78, 5) is 44.0. The van der Waals surface area contributed by atoms with Crippen LogP contribution in [0.4, 0.5) is 38.3 Å². The summed E-state index contributed by atoms with van der Waals surface area (Å²) in [5, 5.41) is 19.1. The summed E-state index contributed by atoms with van der Waals surface area (Å²) < 4.78 is 15.8. The number of nitrogens with one attached hydrogen (secondary N) is 1. The second kappa shape index (κ2) is 21.0. The topological polar surface area (TPSA) is 168 Å². The lowest BCUT2D eigenvalue weighted by Gasteiger charge is -2.29. The largest absolute Gasteiger partial charge is 0.378 e. The van der Waals surface area contributed by atoms with E-state index in [1.807, 2.05) is 57.7 Å². The van der Waals surface area contributed by atoms with Gasteiger partial charge in [0.15, 0.2) is 11.6 Å². The number of rotatable bonds is 9. The Morgan fingerprint density at radius 3 is 1.49 bits per heavy atom. The first-order valence-electron chi connectivity index (χ1n) is 22.0. The maximum atomic E-state index is 13.2. The van der Waals surface area contributed by atoms with Gasteiger partial charge in [0.1, 0.15) is 35.7 Å². The molecule has 0 aliphatic carbocycles. The van der Waals surface area contributed by atoms with Crippen molar-refractivity contribution in [2.45, 2.75) is 39.8 Å². The smallest absolute Gasteiger partial charge is 0.330 e. The van der Waals surface area contributed by atoms with E-state index in [4.69, 9.17) is 14.5 Å². The zero-order chi connectivity index (χ0) is 45.3. The van der Waals surface area contributed by atoms with E-state index >= 15 is 0 Å².